The summed E-state index contributed by atoms with van der Waals surface area (Å²) in [5.41, 5.74) is 7.21. The lowest BCUT2D eigenvalue weighted by Crippen LogP contribution is -2.02. The molecule has 0 spiro atoms. The van der Waals surface area contributed by atoms with Crippen molar-refractivity contribution >= 4 is 43.3 Å². The van der Waals surface area contributed by atoms with Gasteiger partial charge in [-0.2, -0.15) is 10.2 Å². The number of aryl methyl sites for hydroxylation is 3. The van der Waals surface area contributed by atoms with E-state index in [4.69, 9.17) is 5.10 Å². The topological polar surface area (TPSA) is 67.7 Å². The number of benzene rings is 1. The number of nitrogens with one attached hydrogen (secondary N) is 2. The highest BCUT2D eigenvalue weighted by molar-refractivity contribution is 7.26. The van der Waals surface area contributed by atoms with Gasteiger partial charge in [0.1, 0.15) is 4.83 Å². The molecule has 0 amide bonds. The smallest absolute Gasteiger partial charge is 0.166 e. The first-order valence-electron chi connectivity index (χ1n) is 8.80. The van der Waals surface area contributed by atoms with Crippen molar-refractivity contribution in [1.82, 2.24) is 20.0 Å². The van der Waals surface area contributed by atoms with Crippen LogP contribution in [0.25, 0.3) is 20.4 Å². The molecule has 6 nitrogen and oxygen atoms in total. The van der Waals surface area contributed by atoms with Gasteiger partial charge in [-0.1, -0.05) is 12.1 Å². The number of anilines is 2. The quantitative estimate of drug-likeness (QED) is 0.579. The summed E-state index contributed by atoms with van der Waals surface area (Å²) >= 11 is 1.66. The Balaban J connectivity index is 1.52. The Hall–Kier alpha value is -2.67. The van der Waals surface area contributed by atoms with Gasteiger partial charge < -0.3 is 10.6 Å². The number of nitrogens with zero attached hydrogens (tertiary/aromatic N) is 4. The van der Waals surface area contributed by atoms with Gasteiger partial charge in [0.05, 0.1) is 15.9 Å². The molecular formula is C19H20N6S. The maximum absolute atomic E-state index is 4.71. The second-order valence-electron chi connectivity index (χ2n) is 6.86. The lowest BCUT2D eigenvalue weighted by molar-refractivity contribution is 0.798. The number of thiophene rings is 1. The average molecular weight is 364 g/mol. The minimum atomic E-state index is 0.749. The zero-order valence-corrected chi connectivity index (χ0v) is 15.9. The summed E-state index contributed by atoms with van der Waals surface area (Å²) in [6, 6.07) is 6.66. The summed E-state index contributed by atoms with van der Waals surface area (Å²) < 4.78 is 3.10. The average Bonchev–Trinajstić information content (AvgIpc) is 3.31. The van der Waals surface area contributed by atoms with Crippen molar-refractivity contribution in [2.75, 3.05) is 17.2 Å². The van der Waals surface area contributed by atoms with E-state index < -0.39 is 0 Å². The van der Waals surface area contributed by atoms with Crippen LogP contribution in [0.4, 0.5) is 11.5 Å². The van der Waals surface area contributed by atoms with Crippen LogP contribution in [0.2, 0.25) is 0 Å². The first kappa shape index (κ1) is 15.6. The van der Waals surface area contributed by atoms with Gasteiger partial charge in [0.2, 0.25) is 0 Å². The van der Waals surface area contributed by atoms with Gasteiger partial charge in [0, 0.05) is 31.2 Å². The van der Waals surface area contributed by atoms with E-state index in [9.17, 15) is 0 Å². The molecule has 0 saturated heterocycles. The number of rotatable bonds is 3. The highest BCUT2D eigenvalue weighted by Crippen LogP contribution is 2.38. The minimum Gasteiger partial charge on any atom is -0.384 e. The van der Waals surface area contributed by atoms with E-state index >= 15 is 0 Å². The largest absolute Gasteiger partial charge is 0.384 e. The molecule has 3 aromatic heterocycles. The number of aromatic nitrogens is 4. The molecule has 4 heterocycles. The highest BCUT2D eigenvalue weighted by atomic mass is 32.1. The molecule has 2 N–H and O–H groups in total. The summed E-state index contributed by atoms with van der Waals surface area (Å²) in [5, 5.41) is 21.5. The molecule has 4 aromatic rings. The van der Waals surface area contributed by atoms with Crippen LogP contribution in [0.3, 0.4) is 0 Å². The fraction of sp³-hybridized carbons (Fsp3) is 0.316. The van der Waals surface area contributed by atoms with Crippen molar-refractivity contribution < 1.29 is 0 Å². The summed E-state index contributed by atoms with van der Waals surface area (Å²) in [4.78, 5) is 0.973. The van der Waals surface area contributed by atoms with Crippen molar-refractivity contribution in [3.63, 3.8) is 0 Å². The number of fused-ring (bicyclic) bond motifs is 4. The third kappa shape index (κ3) is 2.27. The van der Waals surface area contributed by atoms with Gasteiger partial charge in [0.15, 0.2) is 5.82 Å². The minimum absolute atomic E-state index is 0.749. The van der Waals surface area contributed by atoms with E-state index in [1.54, 1.807) is 11.3 Å². The first-order valence-corrected chi connectivity index (χ1v) is 9.62. The molecule has 0 saturated carbocycles. The standard InChI is InChI=1S/C19H20N6S/c1-10-11(2)22-23-19-15(10)16-17(26-19)18(24-25(16)3)21-9-12-4-5-13-6-7-20-14(13)8-12/h4-5,8,20H,6-7,9H2,1-3H3,(H,21,24). The second-order valence-corrected chi connectivity index (χ2v) is 7.86. The molecule has 0 bridgehead atoms. The predicted molar refractivity (Wildman–Crippen MR) is 107 cm³/mol. The van der Waals surface area contributed by atoms with Crippen LogP contribution < -0.4 is 10.6 Å². The fourth-order valence-corrected chi connectivity index (χ4v) is 4.83. The third-order valence-electron chi connectivity index (χ3n) is 5.21. The van der Waals surface area contributed by atoms with Crippen LogP contribution in [0.15, 0.2) is 18.2 Å². The maximum Gasteiger partial charge on any atom is 0.166 e. The zero-order valence-electron chi connectivity index (χ0n) is 15.1. The molecule has 7 heteroatoms. The van der Waals surface area contributed by atoms with Crippen molar-refractivity contribution in [2.24, 2.45) is 7.05 Å². The van der Waals surface area contributed by atoms with E-state index in [-0.39, 0.29) is 0 Å². The summed E-state index contributed by atoms with van der Waals surface area (Å²) in [6.45, 7) is 5.90. The molecule has 0 aliphatic carbocycles. The molecule has 0 unspecified atom stereocenters. The van der Waals surface area contributed by atoms with Crippen molar-refractivity contribution in [3.8, 4) is 0 Å². The van der Waals surface area contributed by atoms with Gasteiger partial charge in [-0.25, -0.2) is 0 Å². The molecule has 0 atom stereocenters. The molecule has 0 fully saturated rings. The predicted octanol–water partition coefficient (Wildman–Crippen LogP) is 3.77. The van der Waals surface area contributed by atoms with Gasteiger partial charge >= 0.3 is 0 Å². The Morgan fingerprint density at radius 1 is 1.27 bits per heavy atom. The highest BCUT2D eigenvalue weighted by Gasteiger charge is 2.19. The molecule has 132 valence electrons. The third-order valence-corrected chi connectivity index (χ3v) is 6.28. The molecule has 1 aromatic carbocycles. The van der Waals surface area contributed by atoms with Gasteiger partial charge in [-0.15, -0.1) is 16.4 Å². The van der Waals surface area contributed by atoms with Gasteiger partial charge in [0.25, 0.3) is 0 Å². The van der Waals surface area contributed by atoms with E-state index in [1.807, 2.05) is 18.7 Å². The lowest BCUT2D eigenvalue weighted by atomic mass is 10.1. The van der Waals surface area contributed by atoms with E-state index in [0.717, 1.165) is 46.1 Å². The zero-order chi connectivity index (χ0) is 17.8. The number of hydrogen-bond donors (Lipinski definition) is 2. The molecule has 0 radical (unpaired) electrons. The van der Waals surface area contributed by atoms with Gasteiger partial charge in [-0.3, -0.25) is 4.68 Å². The molecule has 5 rings (SSSR count). The monoisotopic (exact) mass is 364 g/mol. The molecule has 26 heavy (non-hydrogen) atoms. The Kier molecular flexibility index (Phi) is 3.40. The maximum atomic E-state index is 4.71. The van der Waals surface area contributed by atoms with Crippen LogP contribution in [0.1, 0.15) is 22.4 Å². The van der Waals surface area contributed by atoms with Crippen LogP contribution in [0.5, 0.6) is 0 Å². The summed E-state index contributed by atoms with van der Waals surface area (Å²) in [7, 11) is 1.99. The van der Waals surface area contributed by atoms with Crippen LogP contribution in [-0.4, -0.2) is 26.5 Å². The summed E-state index contributed by atoms with van der Waals surface area (Å²) in [6.07, 6.45) is 1.12. The first-order chi connectivity index (χ1) is 12.6. The van der Waals surface area contributed by atoms with E-state index in [2.05, 4.69) is 46.0 Å². The lowest BCUT2D eigenvalue weighted by Gasteiger charge is -2.06. The van der Waals surface area contributed by atoms with E-state index in [1.165, 1.54) is 27.8 Å². The Morgan fingerprint density at radius 2 is 2.15 bits per heavy atom. The molecule has 1 aliphatic rings. The Bertz CT molecular complexity index is 1160. The fourth-order valence-electron chi connectivity index (χ4n) is 3.66. The van der Waals surface area contributed by atoms with E-state index in [0.29, 0.717) is 0 Å². The van der Waals surface area contributed by atoms with Crippen LogP contribution >= 0.6 is 11.3 Å². The van der Waals surface area contributed by atoms with Crippen LogP contribution in [-0.2, 0) is 20.0 Å². The van der Waals surface area contributed by atoms with Crippen molar-refractivity contribution in [3.05, 3.63) is 40.6 Å². The van der Waals surface area contributed by atoms with Crippen LogP contribution in [0, 0.1) is 13.8 Å². The van der Waals surface area contributed by atoms with Gasteiger partial charge in [-0.05, 0) is 43.0 Å². The molecule has 1 aliphatic heterocycles. The summed E-state index contributed by atoms with van der Waals surface area (Å²) in [5.74, 6) is 0.913. The SMILES string of the molecule is Cc1nnc2sc3c(NCc4ccc5c(c4)NCC5)nn(C)c3c2c1C. The van der Waals surface area contributed by atoms with Crippen molar-refractivity contribution in [2.45, 2.75) is 26.8 Å². The van der Waals surface area contributed by atoms with Crippen molar-refractivity contribution in [1.29, 1.82) is 0 Å². The molecular weight excluding hydrogens is 344 g/mol. The number of hydrogen-bond acceptors (Lipinski definition) is 6. The Morgan fingerprint density at radius 3 is 3.04 bits per heavy atom. The Labute approximate surface area is 155 Å². The normalized spacial score (nSPS) is 13.3. The second kappa shape index (κ2) is 5.67.